The monoisotopic (exact) mass is 383 g/mol. The van der Waals surface area contributed by atoms with Crippen molar-refractivity contribution in [2.75, 3.05) is 7.11 Å². The summed E-state index contributed by atoms with van der Waals surface area (Å²) >= 11 is 3.42. The quantitative estimate of drug-likeness (QED) is 0.823. The normalized spacial score (nSPS) is 16.5. The summed E-state index contributed by atoms with van der Waals surface area (Å²) in [5, 5.41) is 1.40. The number of esters is 1. The molecule has 0 amide bonds. The summed E-state index contributed by atoms with van der Waals surface area (Å²) in [4.78, 5) is 11.9. The molecule has 0 atom stereocenters. The third-order valence-electron chi connectivity index (χ3n) is 3.78. The zero-order valence-corrected chi connectivity index (χ0v) is 14.2. The summed E-state index contributed by atoms with van der Waals surface area (Å²) in [7, 11) is -2.57. The van der Waals surface area contributed by atoms with Crippen LogP contribution >= 0.6 is 15.9 Å². The van der Waals surface area contributed by atoms with Gasteiger partial charge in [0.15, 0.2) is 0 Å². The van der Waals surface area contributed by atoms with E-state index < -0.39 is 21.5 Å². The maximum Gasteiger partial charge on any atom is 0.327 e. The molecule has 1 aliphatic rings. The molecule has 1 N–H and O–H groups in total. The zero-order chi connectivity index (χ0) is 16.0. The molecule has 1 aliphatic carbocycles. The van der Waals surface area contributed by atoms with E-state index in [1.807, 2.05) is 12.1 Å². The van der Waals surface area contributed by atoms with Gasteiger partial charge in [0, 0.05) is 9.86 Å². The molecule has 3 rings (SSSR count). The van der Waals surface area contributed by atoms with Crippen LogP contribution in [0.4, 0.5) is 0 Å². The maximum atomic E-state index is 12.7. The Labute approximate surface area is 136 Å². The molecule has 2 aromatic carbocycles. The fourth-order valence-electron chi connectivity index (χ4n) is 2.45. The van der Waals surface area contributed by atoms with E-state index in [2.05, 4.69) is 20.7 Å². The summed E-state index contributed by atoms with van der Waals surface area (Å²) in [6, 6.07) is 10.4. The van der Waals surface area contributed by atoms with Crippen LogP contribution in [0.25, 0.3) is 10.8 Å². The number of hydrogen-bond donors (Lipinski definition) is 1. The fraction of sp³-hybridized carbons (Fsp3) is 0.267. The van der Waals surface area contributed by atoms with Gasteiger partial charge in [0.25, 0.3) is 0 Å². The van der Waals surface area contributed by atoms with Crippen molar-refractivity contribution < 1.29 is 17.9 Å². The zero-order valence-electron chi connectivity index (χ0n) is 11.8. The van der Waals surface area contributed by atoms with E-state index in [0.717, 1.165) is 9.86 Å². The molecule has 2 aromatic rings. The maximum absolute atomic E-state index is 12.7. The number of rotatable bonds is 4. The van der Waals surface area contributed by atoms with Crippen LogP contribution in [0.2, 0.25) is 0 Å². The van der Waals surface area contributed by atoms with Gasteiger partial charge in [-0.1, -0.05) is 40.2 Å². The Morgan fingerprint density at radius 1 is 1.18 bits per heavy atom. The van der Waals surface area contributed by atoms with Gasteiger partial charge >= 0.3 is 5.97 Å². The largest absolute Gasteiger partial charge is 0.468 e. The lowest BCUT2D eigenvalue weighted by Gasteiger charge is -2.16. The summed E-state index contributed by atoms with van der Waals surface area (Å²) in [5.74, 6) is -0.544. The Kier molecular flexibility index (Phi) is 3.74. The van der Waals surface area contributed by atoms with E-state index >= 15 is 0 Å². The lowest BCUT2D eigenvalue weighted by atomic mass is 10.1. The Hall–Kier alpha value is -1.44. The van der Waals surface area contributed by atoms with Crippen molar-refractivity contribution in [3.8, 4) is 0 Å². The molecule has 0 saturated heterocycles. The van der Waals surface area contributed by atoms with Crippen molar-refractivity contribution in [3.05, 3.63) is 40.9 Å². The van der Waals surface area contributed by atoms with Crippen LogP contribution in [-0.2, 0) is 19.6 Å². The lowest BCUT2D eigenvalue weighted by Crippen LogP contribution is -2.43. The Morgan fingerprint density at radius 3 is 2.41 bits per heavy atom. The first-order chi connectivity index (χ1) is 10.4. The van der Waals surface area contributed by atoms with Crippen LogP contribution in [0.3, 0.4) is 0 Å². The molecular formula is C15H14BrNO4S. The Morgan fingerprint density at radius 2 is 1.82 bits per heavy atom. The third-order valence-corrected chi connectivity index (χ3v) is 6.06. The van der Waals surface area contributed by atoms with Gasteiger partial charge in [-0.2, -0.15) is 4.72 Å². The molecular weight excluding hydrogens is 370 g/mol. The van der Waals surface area contributed by atoms with E-state index in [4.69, 9.17) is 4.74 Å². The van der Waals surface area contributed by atoms with Crippen LogP contribution in [-0.4, -0.2) is 27.0 Å². The number of halogens is 1. The predicted octanol–water partition coefficient (Wildman–Crippen LogP) is 2.59. The summed E-state index contributed by atoms with van der Waals surface area (Å²) < 4.78 is 33.4. The topological polar surface area (TPSA) is 72.5 Å². The molecule has 0 aliphatic heterocycles. The number of nitrogens with one attached hydrogen (secondary N) is 1. The van der Waals surface area contributed by atoms with Crippen LogP contribution in [0.15, 0.2) is 45.8 Å². The third kappa shape index (κ3) is 2.53. The van der Waals surface area contributed by atoms with Gasteiger partial charge in [0.2, 0.25) is 10.0 Å². The second-order valence-corrected chi connectivity index (χ2v) is 7.78. The summed E-state index contributed by atoms with van der Waals surface area (Å²) in [6.45, 7) is 0. The van der Waals surface area contributed by atoms with Crippen molar-refractivity contribution in [3.63, 3.8) is 0 Å². The van der Waals surface area contributed by atoms with Gasteiger partial charge in [-0.3, -0.25) is 4.79 Å². The molecule has 116 valence electrons. The van der Waals surface area contributed by atoms with Crippen molar-refractivity contribution in [1.82, 2.24) is 4.72 Å². The molecule has 1 fully saturated rings. The van der Waals surface area contributed by atoms with Crippen LogP contribution in [0.5, 0.6) is 0 Å². The van der Waals surface area contributed by atoms with Gasteiger partial charge in [-0.05, 0) is 30.4 Å². The number of hydrogen-bond acceptors (Lipinski definition) is 4. The minimum absolute atomic E-state index is 0.154. The highest BCUT2D eigenvalue weighted by Crippen LogP contribution is 2.39. The van der Waals surface area contributed by atoms with Crippen molar-refractivity contribution in [2.45, 2.75) is 23.3 Å². The molecule has 22 heavy (non-hydrogen) atoms. The molecule has 7 heteroatoms. The van der Waals surface area contributed by atoms with Crippen molar-refractivity contribution in [2.24, 2.45) is 0 Å². The molecule has 0 aromatic heterocycles. The van der Waals surface area contributed by atoms with E-state index in [9.17, 15) is 13.2 Å². The molecule has 0 bridgehead atoms. The minimum Gasteiger partial charge on any atom is -0.468 e. The molecule has 0 spiro atoms. The molecule has 5 nitrogen and oxygen atoms in total. The summed E-state index contributed by atoms with van der Waals surface area (Å²) in [5.41, 5.74) is -1.11. The number of carbonyl (C=O) groups excluding carboxylic acids is 1. The van der Waals surface area contributed by atoms with E-state index in [0.29, 0.717) is 18.2 Å². The van der Waals surface area contributed by atoms with Gasteiger partial charge in [-0.25, -0.2) is 8.42 Å². The fourth-order valence-corrected chi connectivity index (χ4v) is 4.55. The standard InChI is InChI=1S/C15H14BrNO4S/c1-21-14(18)15(8-9-15)17-22(19,20)13-7-6-12(16)10-4-2-3-5-11(10)13/h2-7,17H,8-9H2,1H3. The van der Waals surface area contributed by atoms with E-state index in [-0.39, 0.29) is 4.90 Å². The van der Waals surface area contributed by atoms with E-state index in [1.54, 1.807) is 18.2 Å². The Bertz CT molecular complexity index is 859. The van der Waals surface area contributed by atoms with E-state index in [1.165, 1.54) is 13.2 Å². The molecule has 0 unspecified atom stereocenters. The second kappa shape index (κ2) is 5.33. The smallest absolute Gasteiger partial charge is 0.327 e. The first-order valence-electron chi connectivity index (χ1n) is 6.69. The predicted molar refractivity (Wildman–Crippen MR) is 86.0 cm³/mol. The average Bonchev–Trinajstić information content (AvgIpc) is 3.26. The van der Waals surface area contributed by atoms with Crippen molar-refractivity contribution >= 4 is 42.7 Å². The molecule has 1 saturated carbocycles. The van der Waals surface area contributed by atoms with Gasteiger partial charge in [0.05, 0.1) is 12.0 Å². The highest BCUT2D eigenvalue weighted by molar-refractivity contribution is 9.10. The van der Waals surface area contributed by atoms with Crippen LogP contribution in [0.1, 0.15) is 12.8 Å². The number of ether oxygens (including phenoxy) is 1. The number of carbonyl (C=O) groups is 1. The number of methoxy groups -OCH3 is 1. The molecule has 0 radical (unpaired) electrons. The first-order valence-corrected chi connectivity index (χ1v) is 8.97. The minimum atomic E-state index is -3.83. The first kappa shape index (κ1) is 15.5. The van der Waals surface area contributed by atoms with Gasteiger partial charge in [-0.15, -0.1) is 0 Å². The number of benzene rings is 2. The lowest BCUT2D eigenvalue weighted by molar-refractivity contribution is -0.143. The van der Waals surface area contributed by atoms with Crippen LogP contribution < -0.4 is 4.72 Å². The number of fused-ring (bicyclic) bond motifs is 1. The second-order valence-electron chi connectivity index (χ2n) is 5.27. The Balaban J connectivity index is 2.07. The van der Waals surface area contributed by atoms with Gasteiger partial charge in [0.1, 0.15) is 5.54 Å². The van der Waals surface area contributed by atoms with Crippen molar-refractivity contribution in [1.29, 1.82) is 0 Å². The summed E-state index contributed by atoms with van der Waals surface area (Å²) in [6.07, 6.45) is 0.903. The van der Waals surface area contributed by atoms with Crippen LogP contribution in [0, 0.1) is 0 Å². The SMILES string of the molecule is COC(=O)C1(NS(=O)(=O)c2ccc(Br)c3ccccc23)CC1. The molecule has 0 heterocycles. The average molecular weight is 384 g/mol. The number of sulfonamides is 1. The highest BCUT2D eigenvalue weighted by Gasteiger charge is 2.54. The highest BCUT2D eigenvalue weighted by atomic mass is 79.9. The van der Waals surface area contributed by atoms with Gasteiger partial charge < -0.3 is 4.74 Å².